The maximum atomic E-state index is 13.0. The number of rotatable bonds is 8. The highest BCUT2D eigenvalue weighted by Gasteiger charge is 2.41. The highest BCUT2D eigenvalue weighted by Crippen LogP contribution is 2.41. The Balaban J connectivity index is 1.51. The van der Waals surface area contributed by atoms with E-state index in [1.165, 1.54) is 0 Å². The topological polar surface area (TPSA) is 99.5 Å². The van der Waals surface area contributed by atoms with Crippen molar-refractivity contribution in [3.05, 3.63) is 112 Å². The number of aromatic carboxylic acids is 1. The fourth-order valence-electron chi connectivity index (χ4n) is 5.57. The summed E-state index contributed by atoms with van der Waals surface area (Å²) in [7, 11) is 0. The van der Waals surface area contributed by atoms with Crippen LogP contribution in [0.2, 0.25) is 0 Å². The summed E-state index contributed by atoms with van der Waals surface area (Å²) in [6, 6.07) is 20.3. The van der Waals surface area contributed by atoms with Gasteiger partial charge in [0.05, 0.1) is 23.3 Å². The molecule has 9 heteroatoms. The zero-order valence-electron chi connectivity index (χ0n) is 23.5. The third-order valence-corrected chi connectivity index (χ3v) is 8.03. The number of benzene rings is 2. The second-order valence-corrected chi connectivity index (χ2v) is 10.8. The molecule has 3 heterocycles. The van der Waals surface area contributed by atoms with Crippen molar-refractivity contribution in [1.29, 1.82) is 0 Å². The number of nitrogens with one attached hydrogen (secondary N) is 2. The normalized spacial score (nSPS) is 16.5. The molecule has 0 saturated carbocycles. The Morgan fingerprint density at radius 3 is 2.46 bits per heavy atom. The summed E-state index contributed by atoms with van der Waals surface area (Å²) in [4.78, 5) is 31.4. The number of carboxylic acids is 1. The van der Waals surface area contributed by atoms with Gasteiger partial charge >= 0.3 is 5.97 Å². The van der Waals surface area contributed by atoms with Crippen LogP contribution in [0, 0.1) is 27.7 Å². The second kappa shape index (κ2) is 11.5. The minimum Gasteiger partial charge on any atom is -0.478 e. The minimum atomic E-state index is -0.968. The molecule has 4 aromatic rings. The Morgan fingerprint density at radius 1 is 1.00 bits per heavy atom. The number of anilines is 1. The van der Waals surface area contributed by atoms with Gasteiger partial charge in [-0.1, -0.05) is 30.3 Å². The largest absolute Gasteiger partial charge is 0.478 e. The van der Waals surface area contributed by atoms with Crippen molar-refractivity contribution < 1.29 is 14.7 Å². The van der Waals surface area contributed by atoms with Crippen LogP contribution < -0.4 is 10.6 Å². The Morgan fingerprint density at radius 2 is 1.76 bits per heavy atom. The van der Waals surface area contributed by atoms with Gasteiger partial charge in [0.2, 0.25) is 5.91 Å². The van der Waals surface area contributed by atoms with E-state index in [-0.39, 0.29) is 30.0 Å². The molecule has 2 atom stereocenters. The first-order valence-electron chi connectivity index (χ1n) is 13.5. The number of nitrogens with zero attached hydrogens (tertiary/aromatic N) is 3. The number of aromatic nitrogens is 2. The van der Waals surface area contributed by atoms with Crippen LogP contribution in [0.3, 0.4) is 0 Å². The molecule has 1 aliphatic heterocycles. The van der Waals surface area contributed by atoms with E-state index in [9.17, 15) is 14.7 Å². The average molecular weight is 568 g/mol. The van der Waals surface area contributed by atoms with Gasteiger partial charge in [0.25, 0.3) is 0 Å². The summed E-state index contributed by atoms with van der Waals surface area (Å²) >= 11 is 5.82. The van der Waals surface area contributed by atoms with E-state index in [0.29, 0.717) is 11.7 Å². The van der Waals surface area contributed by atoms with Gasteiger partial charge in [0.1, 0.15) is 0 Å². The van der Waals surface area contributed by atoms with Crippen LogP contribution in [0.1, 0.15) is 62.6 Å². The van der Waals surface area contributed by atoms with Crippen molar-refractivity contribution in [3.8, 4) is 5.69 Å². The molecule has 210 valence electrons. The van der Waals surface area contributed by atoms with Crippen molar-refractivity contribution in [2.75, 3.05) is 11.9 Å². The molecule has 2 unspecified atom stereocenters. The van der Waals surface area contributed by atoms with E-state index < -0.39 is 5.97 Å². The van der Waals surface area contributed by atoms with Gasteiger partial charge in [-0.2, -0.15) is 0 Å². The van der Waals surface area contributed by atoms with Gasteiger partial charge in [-0.3, -0.25) is 9.78 Å². The molecule has 8 nitrogen and oxygen atoms in total. The summed E-state index contributed by atoms with van der Waals surface area (Å²) in [5.74, 6) is -1.06. The number of carbonyl (C=O) groups is 2. The Labute approximate surface area is 245 Å². The average Bonchev–Trinajstić information content (AvgIpc) is 3.43. The molecule has 1 amide bonds. The van der Waals surface area contributed by atoms with E-state index in [1.807, 2.05) is 76.2 Å². The van der Waals surface area contributed by atoms with Gasteiger partial charge < -0.3 is 25.2 Å². The molecule has 5 rings (SSSR count). The zero-order chi connectivity index (χ0) is 29.3. The highest BCUT2D eigenvalue weighted by atomic mass is 32.1. The number of hydrogen-bond donors (Lipinski definition) is 3. The number of para-hydroxylation sites is 1. The van der Waals surface area contributed by atoms with Crippen LogP contribution in [0.25, 0.3) is 5.69 Å². The first-order chi connectivity index (χ1) is 19.7. The molecule has 0 radical (unpaired) electrons. The lowest BCUT2D eigenvalue weighted by Crippen LogP contribution is -2.33. The van der Waals surface area contributed by atoms with E-state index in [0.717, 1.165) is 45.1 Å². The van der Waals surface area contributed by atoms with Crippen molar-refractivity contribution in [1.82, 2.24) is 19.8 Å². The van der Waals surface area contributed by atoms with Crippen LogP contribution in [0.4, 0.5) is 5.69 Å². The van der Waals surface area contributed by atoms with Crippen LogP contribution in [0.5, 0.6) is 0 Å². The number of hydrogen-bond acceptors (Lipinski definition) is 4. The van der Waals surface area contributed by atoms with Crippen molar-refractivity contribution >= 4 is 34.9 Å². The third kappa shape index (κ3) is 5.58. The van der Waals surface area contributed by atoms with Crippen LogP contribution >= 0.6 is 12.2 Å². The molecule has 2 aromatic heterocycles. The van der Waals surface area contributed by atoms with Gasteiger partial charge in [0.15, 0.2) is 5.11 Å². The zero-order valence-corrected chi connectivity index (χ0v) is 24.3. The molecule has 41 heavy (non-hydrogen) atoms. The quantitative estimate of drug-likeness (QED) is 0.231. The van der Waals surface area contributed by atoms with E-state index in [2.05, 4.69) is 31.2 Å². The van der Waals surface area contributed by atoms with Crippen molar-refractivity contribution in [2.45, 2.75) is 46.2 Å². The summed E-state index contributed by atoms with van der Waals surface area (Å²) in [5, 5.41) is 16.7. The van der Waals surface area contributed by atoms with Gasteiger partial charge in [-0.15, -0.1) is 0 Å². The molecular weight excluding hydrogens is 534 g/mol. The third-order valence-electron chi connectivity index (χ3n) is 7.68. The maximum absolute atomic E-state index is 13.0. The Hall–Kier alpha value is -4.50. The molecule has 2 aromatic carbocycles. The number of aryl methyl sites for hydroxylation is 3. The smallest absolute Gasteiger partial charge is 0.335 e. The number of carboxylic acid groups (broad SMARTS) is 1. The number of amides is 1. The van der Waals surface area contributed by atoms with Gasteiger partial charge in [-0.25, -0.2) is 4.79 Å². The van der Waals surface area contributed by atoms with Crippen LogP contribution in [-0.4, -0.2) is 43.1 Å². The summed E-state index contributed by atoms with van der Waals surface area (Å²) < 4.78 is 2.09. The summed E-state index contributed by atoms with van der Waals surface area (Å²) in [5.41, 5.74) is 7.64. The lowest BCUT2D eigenvalue weighted by atomic mass is 9.96. The van der Waals surface area contributed by atoms with Crippen molar-refractivity contribution in [3.63, 3.8) is 0 Å². The molecule has 0 aliphatic carbocycles. The fraction of sp³-hybridized carbons (Fsp3) is 0.250. The number of thiocarbonyl (C=S) groups is 1. The lowest BCUT2D eigenvalue weighted by Gasteiger charge is -2.28. The van der Waals surface area contributed by atoms with E-state index in [1.54, 1.807) is 18.3 Å². The first kappa shape index (κ1) is 28.0. The van der Waals surface area contributed by atoms with E-state index >= 15 is 0 Å². The highest BCUT2D eigenvalue weighted by molar-refractivity contribution is 7.80. The first-order valence-corrected chi connectivity index (χ1v) is 13.9. The lowest BCUT2D eigenvalue weighted by molar-refractivity contribution is -0.116. The van der Waals surface area contributed by atoms with Gasteiger partial charge in [0, 0.05) is 41.9 Å². The molecule has 1 saturated heterocycles. The predicted octanol–water partition coefficient (Wildman–Crippen LogP) is 5.81. The molecule has 3 N–H and O–H groups in total. The second-order valence-electron chi connectivity index (χ2n) is 10.4. The predicted molar refractivity (Wildman–Crippen MR) is 164 cm³/mol. The molecule has 1 aliphatic rings. The maximum Gasteiger partial charge on any atom is 0.335 e. The summed E-state index contributed by atoms with van der Waals surface area (Å²) in [6.07, 6.45) is 2.01. The monoisotopic (exact) mass is 567 g/mol. The fourth-order valence-corrected chi connectivity index (χ4v) is 5.91. The van der Waals surface area contributed by atoms with Crippen LogP contribution in [-0.2, 0) is 4.79 Å². The Bertz CT molecular complexity index is 1630. The molecule has 0 bridgehead atoms. The number of pyridine rings is 1. The molecule has 1 fully saturated rings. The Kier molecular flexibility index (Phi) is 7.90. The standard InChI is InChI=1S/C32H33N5O3S/c1-19-9-5-6-10-25(19)34-28(38)14-16-36-30(29(35-32(36)41)26-11-7-8-15-33-26)24-17-21(3)37(22(24)4)27-18-23(31(39)40)13-12-20(27)2/h5-13,15,17-18,29-30H,14,16H2,1-4H3,(H,34,38)(H,35,41)(H,39,40). The minimum absolute atomic E-state index is 0.0891. The summed E-state index contributed by atoms with van der Waals surface area (Å²) in [6.45, 7) is 8.40. The van der Waals surface area contributed by atoms with E-state index in [4.69, 9.17) is 12.2 Å². The number of carbonyl (C=O) groups excluding carboxylic acids is 1. The SMILES string of the molecule is Cc1ccccc1NC(=O)CCN1C(=S)NC(c2ccccn2)C1c1cc(C)n(-c2cc(C(=O)O)ccc2C)c1C. The van der Waals surface area contributed by atoms with Crippen molar-refractivity contribution in [2.24, 2.45) is 0 Å². The van der Waals surface area contributed by atoms with Crippen LogP contribution in [0.15, 0.2) is 72.9 Å². The molecule has 0 spiro atoms. The van der Waals surface area contributed by atoms with Gasteiger partial charge in [-0.05, 0) is 93.0 Å². The molecular formula is C32H33N5O3S.